The van der Waals surface area contributed by atoms with E-state index >= 15 is 0 Å². The molecule has 110 valence electrons. The van der Waals surface area contributed by atoms with Gasteiger partial charge in [-0.15, -0.1) is 0 Å². The minimum absolute atomic E-state index is 0.0663. The van der Waals surface area contributed by atoms with Gasteiger partial charge in [-0.1, -0.05) is 37.1 Å². The second kappa shape index (κ2) is 9.37. The Morgan fingerprint density at radius 1 is 1.25 bits per heavy atom. The zero-order valence-electron chi connectivity index (χ0n) is 11.7. The molecule has 0 unspecified atom stereocenters. The lowest BCUT2D eigenvalue weighted by molar-refractivity contribution is -0.144. The van der Waals surface area contributed by atoms with E-state index in [1.165, 1.54) is 0 Å². The summed E-state index contributed by atoms with van der Waals surface area (Å²) in [5.74, 6) is -0.550. The highest BCUT2D eigenvalue weighted by Crippen LogP contribution is 2.10. The number of amides is 1. The van der Waals surface area contributed by atoms with Crippen molar-refractivity contribution in [3.05, 3.63) is 34.9 Å². The second-order valence-electron chi connectivity index (χ2n) is 4.48. The SMILES string of the molecule is CCCCOC(=O)CNC(=O)CCc1ccc(Cl)cc1. The van der Waals surface area contributed by atoms with Crippen LogP contribution in [0.4, 0.5) is 0 Å². The van der Waals surface area contributed by atoms with Crippen LogP contribution in [0.15, 0.2) is 24.3 Å². The maximum atomic E-state index is 11.6. The zero-order chi connectivity index (χ0) is 14.8. The highest BCUT2D eigenvalue weighted by molar-refractivity contribution is 6.30. The Morgan fingerprint density at radius 2 is 1.95 bits per heavy atom. The monoisotopic (exact) mass is 297 g/mol. The molecular formula is C15H20ClNO3. The molecule has 0 aromatic heterocycles. The number of hydrogen-bond donors (Lipinski definition) is 1. The van der Waals surface area contributed by atoms with Crippen LogP contribution in [0.2, 0.25) is 5.02 Å². The van der Waals surface area contributed by atoms with E-state index in [-0.39, 0.29) is 12.5 Å². The van der Waals surface area contributed by atoms with E-state index in [9.17, 15) is 9.59 Å². The van der Waals surface area contributed by atoms with Gasteiger partial charge in [0.2, 0.25) is 5.91 Å². The van der Waals surface area contributed by atoms with Crippen molar-refractivity contribution < 1.29 is 14.3 Å². The van der Waals surface area contributed by atoms with E-state index < -0.39 is 5.97 Å². The number of halogens is 1. The van der Waals surface area contributed by atoms with E-state index in [2.05, 4.69) is 5.32 Å². The van der Waals surface area contributed by atoms with Crippen LogP contribution >= 0.6 is 11.6 Å². The topological polar surface area (TPSA) is 55.4 Å². The van der Waals surface area contributed by atoms with Gasteiger partial charge in [0, 0.05) is 11.4 Å². The van der Waals surface area contributed by atoms with Gasteiger partial charge in [-0.2, -0.15) is 0 Å². The molecule has 1 amide bonds. The predicted octanol–water partition coefficient (Wildman–Crippen LogP) is 2.73. The molecule has 0 aliphatic carbocycles. The lowest BCUT2D eigenvalue weighted by atomic mass is 10.1. The first-order chi connectivity index (χ1) is 9.61. The van der Waals surface area contributed by atoms with E-state index in [0.717, 1.165) is 18.4 Å². The van der Waals surface area contributed by atoms with Gasteiger partial charge in [0.1, 0.15) is 6.54 Å². The zero-order valence-corrected chi connectivity index (χ0v) is 12.4. The molecule has 0 fully saturated rings. The van der Waals surface area contributed by atoms with Gasteiger partial charge in [-0.25, -0.2) is 0 Å². The Morgan fingerprint density at radius 3 is 2.60 bits per heavy atom. The fraction of sp³-hybridized carbons (Fsp3) is 0.467. The van der Waals surface area contributed by atoms with Crippen LogP contribution in [0.3, 0.4) is 0 Å². The van der Waals surface area contributed by atoms with Crippen molar-refractivity contribution in [2.75, 3.05) is 13.2 Å². The van der Waals surface area contributed by atoms with E-state index in [1.807, 2.05) is 19.1 Å². The van der Waals surface area contributed by atoms with Gasteiger partial charge in [0.25, 0.3) is 0 Å². The maximum absolute atomic E-state index is 11.6. The molecule has 0 atom stereocenters. The molecule has 1 aromatic carbocycles. The van der Waals surface area contributed by atoms with Crippen LogP contribution in [0.5, 0.6) is 0 Å². The summed E-state index contributed by atoms with van der Waals surface area (Å²) in [6, 6.07) is 7.35. The number of ether oxygens (including phenoxy) is 1. The minimum atomic E-state index is -0.390. The molecule has 0 bridgehead atoms. The smallest absolute Gasteiger partial charge is 0.325 e. The molecule has 0 aliphatic rings. The average molecular weight is 298 g/mol. The van der Waals surface area contributed by atoms with Gasteiger partial charge >= 0.3 is 5.97 Å². The van der Waals surface area contributed by atoms with E-state index in [4.69, 9.17) is 16.3 Å². The van der Waals surface area contributed by atoms with Crippen molar-refractivity contribution in [1.82, 2.24) is 5.32 Å². The molecule has 4 nitrogen and oxygen atoms in total. The second-order valence-corrected chi connectivity index (χ2v) is 4.91. The van der Waals surface area contributed by atoms with Gasteiger partial charge in [-0.05, 0) is 30.5 Å². The first-order valence-electron chi connectivity index (χ1n) is 6.78. The first kappa shape index (κ1) is 16.5. The van der Waals surface area contributed by atoms with Crippen LogP contribution in [-0.2, 0) is 20.7 Å². The summed E-state index contributed by atoms with van der Waals surface area (Å²) >= 11 is 5.78. The molecule has 0 heterocycles. The molecule has 0 aliphatic heterocycles. The van der Waals surface area contributed by atoms with E-state index in [1.54, 1.807) is 12.1 Å². The molecular weight excluding hydrogens is 278 g/mol. The third-order valence-corrected chi connectivity index (χ3v) is 3.00. The fourth-order valence-electron chi connectivity index (χ4n) is 1.55. The van der Waals surface area contributed by atoms with E-state index in [0.29, 0.717) is 24.5 Å². The molecule has 0 spiro atoms. The lowest BCUT2D eigenvalue weighted by Gasteiger charge is -2.06. The van der Waals surface area contributed by atoms with Crippen LogP contribution in [0.1, 0.15) is 31.7 Å². The summed E-state index contributed by atoms with van der Waals surface area (Å²) in [6.07, 6.45) is 2.77. The predicted molar refractivity (Wildman–Crippen MR) is 78.6 cm³/mol. The number of unbranched alkanes of at least 4 members (excludes halogenated alkanes) is 1. The summed E-state index contributed by atoms with van der Waals surface area (Å²) in [6.45, 7) is 2.37. The van der Waals surface area contributed by atoms with Crippen LogP contribution in [-0.4, -0.2) is 25.0 Å². The Hall–Kier alpha value is -1.55. The Bertz CT molecular complexity index is 431. The summed E-state index contributed by atoms with van der Waals surface area (Å²) < 4.78 is 4.94. The molecule has 5 heteroatoms. The van der Waals surface area contributed by atoms with Crippen molar-refractivity contribution in [3.63, 3.8) is 0 Å². The number of carbonyl (C=O) groups excluding carboxylic acids is 2. The number of nitrogens with one attached hydrogen (secondary N) is 1. The largest absolute Gasteiger partial charge is 0.464 e. The molecule has 1 aromatic rings. The fourth-order valence-corrected chi connectivity index (χ4v) is 1.68. The van der Waals surface area contributed by atoms with Crippen LogP contribution in [0, 0.1) is 0 Å². The molecule has 0 saturated carbocycles. The standard InChI is InChI=1S/C15H20ClNO3/c1-2-3-10-20-15(19)11-17-14(18)9-6-12-4-7-13(16)8-5-12/h4-5,7-8H,2-3,6,9-11H2,1H3,(H,17,18). The summed E-state index contributed by atoms with van der Waals surface area (Å²) in [4.78, 5) is 22.9. The average Bonchev–Trinajstić information content (AvgIpc) is 2.45. The number of esters is 1. The van der Waals surface area contributed by atoms with Crippen LogP contribution in [0.25, 0.3) is 0 Å². The quantitative estimate of drug-likeness (QED) is 0.593. The summed E-state index contributed by atoms with van der Waals surface area (Å²) in [5, 5.41) is 3.23. The minimum Gasteiger partial charge on any atom is -0.464 e. The number of hydrogen-bond acceptors (Lipinski definition) is 3. The summed E-state index contributed by atoms with van der Waals surface area (Å²) in [5.41, 5.74) is 1.04. The Labute approximate surface area is 124 Å². The highest BCUT2D eigenvalue weighted by atomic mass is 35.5. The first-order valence-corrected chi connectivity index (χ1v) is 7.16. The van der Waals surface area contributed by atoms with Crippen LogP contribution < -0.4 is 5.32 Å². The van der Waals surface area contributed by atoms with Crippen molar-refractivity contribution >= 4 is 23.5 Å². The summed E-state index contributed by atoms with van der Waals surface area (Å²) in [7, 11) is 0. The third-order valence-electron chi connectivity index (χ3n) is 2.74. The molecule has 0 saturated heterocycles. The lowest BCUT2D eigenvalue weighted by Crippen LogP contribution is -2.30. The molecule has 20 heavy (non-hydrogen) atoms. The number of benzene rings is 1. The van der Waals surface area contributed by atoms with Gasteiger partial charge < -0.3 is 10.1 Å². The number of aryl methyl sites for hydroxylation is 1. The maximum Gasteiger partial charge on any atom is 0.325 e. The molecule has 1 rings (SSSR count). The third kappa shape index (κ3) is 7.14. The molecule has 0 radical (unpaired) electrons. The van der Waals surface area contributed by atoms with Crippen molar-refractivity contribution in [1.29, 1.82) is 0 Å². The van der Waals surface area contributed by atoms with Crippen molar-refractivity contribution in [2.24, 2.45) is 0 Å². The molecule has 1 N–H and O–H groups in total. The Balaban J connectivity index is 2.17. The number of carbonyl (C=O) groups is 2. The number of rotatable bonds is 8. The van der Waals surface area contributed by atoms with Gasteiger partial charge in [-0.3, -0.25) is 9.59 Å². The van der Waals surface area contributed by atoms with Gasteiger partial charge in [0.15, 0.2) is 0 Å². The van der Waals surface area contributed by atoms with Gasteiger partial charge in [0.05, 0.1) is 6.61 Å². The highest BCUT2D eigenvalue weighted by Gasteiger charge is 2.06. The van der Waals surface area contributed by atoms with Crippen molar-refractivity contribution in [2.45, 2.75) is 32.6 Å². The normalized spacial score (nSPS) is 10.1. The Kier molecular flexibility index (Phi) is 7.73. The van der Waals surface area contributed by atoms with Crippen molar-refractivity contribution in [3.8, 4) is 0 Å².